The Bertz CT molecular complexity index is 318. The van der Waals surface area contributed by atoms with E-state index in [2.05, 4.69) is 10.3 Å². The van der Waals surface area contributed by atoms with Gasteiger partial charge in [-0.25, -0.2) is 4.39 Å². The molecule has 6 heteroatoms. The zero-order valence-corrected chi connectivity index (χ0v) is 9.82. The van der Waals surface area contributed by atoms with Crippen molar-refractivity contribution in [3.8, 4) is 0 Å². The maximum Gasteiger partial charge on any atom is 0.139 e. The molecule has 1 rings (SSSR count). The van der Waals surface area contributed by atoms with Crippen molar-refractivity contribution >= 4 is 0 Å². The van der Waals surface area contributed by atoms with E-state index in [0.717, 1.165) is 0 Å². The van der Waals surface area contributed by atoms with Gasteiger partial charge in [0.05, 0.1) is 12.3 Å². The van der Waals surface area contributed by atoms with Crippen molar-refractivity contribution in [3.05, 3.63) is 11.9 Å². The van der Waals surface area contributed by atoms with Crippen LogP contribution in [-0.4, -0.2) is 40.9 Å². The summed E-state index contributed by atoms with van der Waals surface area (Å²) in [4.78, 5) is 0. The van der Waals surface area contributed by atoms with Crippen LogP contribution in [0.4, 0.5) is 4.39 Å². The normalized spacial score (nSPS) is 15.0. The van der Waals surface area contributed by atoms with Crippen molar-refractivity contribution in [3.63, 3.8) is 0 Å². The second-order valence-corrected chi connectivity index (χ2v) is 4.04. The molecule has 0 fully saturated rings. The summed E-state index contributed by atoms with van der Waals surface area (Å²) in [6, 6.07) is 0. The van der Waals surface area contributed by atoms with Gasteiger partial charge in [0, 0.05) is 26.8 Å². The first-order valence-corrected chi connectivity index (χ1v) is 5.33. The molecular weight excluding hydrogens is 211 g/mol. The number of hydrogen-bond acceptors (Lipinski definition) is 4. The number of nitrogens with zero attached hydrogens (tertiary/aromatic N) is 3. The van der Waals surface area contributed by atoms with Crippen LogP contribution in [0.3, 0.4) is 0 Å². The Morgan fingerprint density at radius 2 is 2.38 bits per heavy atom. The highest BCUT2D eigenvalue weighted by atomic mass is 19.1. The first-order valence-electron chi connectivity index (χ1n) is 5.33. The lowest BCUT2D eigenvalue weighted by molar-refractivity contribution is 0.0327. The maximum atomic E-state index is 14.4. The zero-order chi connectivity index (χ0) is 12.0. The molecule has 16 heavy (non-hydrogen) atoms. The van der Waals surface area contributed by atoms with Crippen LogP contribution in [0.1, 0.15) is 18.5 Å². The first-order chi connectivity index (χ1) is 7.59. The maximum absolute atomic E-state index is 14.4. The lowest BCUT2D eigenvalue weighted by Gasteiger charge is -2.23. The summed E-state index contributed by atoms with van der Waals surface area (Å²) >= 11 is 0. The topological polar surface area (TPSA) is 66.0 Å². The van der Waals surface area contributed by atoms with Crippen molar-refractivity contribution in [1.82, 2.24) is 15.0 Å². The fourth-order valence-electron chi connectivity index (χ4n) is 1.69. The van der Waals surface area contributed by atoms with Crippen LogP contribution in [0.15, 0.2) is 6.20 Å². The SMILES string of the molecule is COCC(F)(CCCN)Cc1cn(C)nn1. The van der Waals surface area contributed by atoms with E-state index in [0.29, 0.717) is 25.1 Å². The van der Waals surface area contributed by atoms with Crippen LogP contribution in [0.2, 0.25) is 0 Å². The molecule has 1 unspecified atom stereocenters. The standard InChI is InChI=1S/C10H19FN4O/c1-15-7-9(13-14-15)6-10(11,8-16-2)4-3-5-12/h7H,3-6,8,12H2,1-2H3. The molecule has 5 nitrogen and oxygen atoms in total. The Morgan fingerprint density at radius 1 is 1.62 bits per heavy atom. The summed E-state index contributed by atoms with van der Waals surface area (Å²) in [5.74, 6) is 0. The highest BCUT2D eigenvalue weighted by Crippen LogP contribution is 2.23. The number of nitrogens with two attached hydrogens (primary N) is 1. The zero-order valence-electron chi connectivity index (χ0n) is 9.82. The van der Waals surface area contributed by atoms with E-state index < -0.39 is 5.67 Å². The monoisotopic (exact) mass is 230 g/mol. The van der Waals surface area contributed by atoms with Crippen molar-refractivity contribution < 1.29 is 9.13 Å². The number of alkyl halides is 1. The minimum absolute atomic E-state index is 0.0591. The van der Waals surface area contributed by atoms with Crippen LogP contribution in [-0.2, 0) is 18.2 Å². The predicted octanol–water partition coefficient (Wildman–Crippen LogP) is 0.451. The largest absolute Gasteiger partial charge is 0.381 e. The van der Waals surface area contributed by atoms with Gasteiger partial charge in [0.15, 0.2) is 0 Å². The van der Waals surface area contributed by atoms with E-state index in [9.17, 15) is 4.39 Å². The molecule has 0 spiro atoms. The van der Waals surface area contributed by atoms with Gasteiger partial charge < -0.3 is 10.5 Å². The predicted molar refractivity (Wildman–Crippen MR) is 58.7 cm³/mol. The Kier molecular flexibility index (Phi) is 4.82. The molecule has 1 atom stereocenters. The second kappa shape index (κ2) is 5.91. The summed E-state index contributed by atoms with van der Waals surface area (Å²) < 4.78 is 20.9. The average molecular weight is 230 g/mol. The summed E-state index contributed by atoms with van der Waals surface area (Å²) in [5.41, 5.74) is 4.63. The fraction of sp³-hybridized carbons (Fsp3) is 0.800. The van der Waals surface area contributed by atoms with Crippen LogP contribution in [0, 0.1) is 0 Å². The molecule has 92 valence electrons. The quantitative estimate of drug-likeness (QED) is 0.738. The van der Waals surface area contributed by atoms with Gasteiger partial charge in [-0.15, -0.1) is 5.10 Å². The lowest BCUT2D eigenvalue weighted by atomic mass is 9.95. The number of rotatable bonds is 7. The molecule has 1 heterocycles. The van der Waals surface area contributed by atoms with Crippen molar-refractivity contribution in [2.45, 2.75) is 24.9 Å². The summed E-state index contributed by atoms with van der Waals surface area (Å²) in [6.07, 6.45) is 2.95. The van der Waals surface area contributed by atoms with Crippen molar-refractivity contribution in [1.29, 1.82) is 0 Å². The molecule has 2 N–H and O–H groups in total. The first kappa shape index (κ1) is 13.1. The van der Waals surface area contributed by atoms with Gasteiger partial charge >= 0.3 is 0 Å². The smallest absolute Gasteiger partial charge is 0.139 e. The average Bonchev–Trinajstić information content (AvgIpc) is 2.61. The van der Waals surface area contributed by atoms with E-state index in [1.165, 1.54) is 7.11 Å². The molecule has 0 radical (unpaired) electrons. The second-order valence-electron chi connectivity index (χ2n) is 4.04. The highest BCUT2D eigenvalue weighted by molar-refractivity contribution is 4.99. The number of hydrogen-bond donors (Lipinski definition) is 1. The Labute approximate surface area is 94.8 Å². The summed E-state index contributed by atoms with van der Waals surface area (Å²) in [6.45, 7) is 0.541. The number of aromatic nitrogens is 3. The molecule has 1 aromatic rings. The summed E-state index contributed by atoms with van der Waals surface area (Å²) in [7, 11) is 3.25. The minimum Gasteiger partial charge on any atom is -0.381 e. The number of aryl methyl sites for hydroxylation is 1. The Morgan fingerprint density at radius 3 is 2.88 bits per heavy atom. The molecule has 1 aromatic heterocycles. The minimum atomic E-state index is -1.40. The third kappa shape index (κ3) is 3.86. The lowest BCUT2D eigenvalue weighted by Crippen LogP contribution is -2.32. The van der Waals surface area contributed by atoms with Crippen LogP contribution in [0.5, 0.6) is 0 Å². The van der Waals surface area contributed by atoms with Crippen molar-refractivity contribution in [2.24, 2.45) is 12.8 Å². The van der Waals surface area contributed by atoms with E-state index in [1.807, 2.05) is 0 Å². The molecular formula is C10H19FN4O. The highest BCUT2D eigenvalue weighted by Gasteiger charge is 2.30. The van der Waals surface area contributed by atoms with Crippen molar-refractivity contribution in [2.75, 3.05) is 20.3 Å². The third-order valence-corrected chi connectivity index (χ3v) is 2.38. The third-order valence-electron chi connectivity index (χ3n) is 2.38. The van der Waals surface area contributed by atoms with Gasteiger partial charge in [-0.3, -0.25) is 4.68 Å². The van der Waals surface area contributed by atoms with Crippen LogP contribution >= 0.6 is 0 Å². The van der Waals surface area contributed by atoms with E-state index in [1.54, 1.807) is 17.9 Å². The molecule has 0 aliphatic rings. The van der Waals surface area contributed by atoms with Crippen LogP contribution in [0.25, 0.3) is 0 Å². The Hall–Kier alpha value is -1.01. The van der Waals surface area contributed by atoms with E-state index in [-0.39, 0.29) is 13.0 Å². The number of halogens is 1. The molecule has 0 aromatic carbocycles. The van der Waals surface area contributed by atoms with E-state index >= 15 is 0 Å². The number of ether oxygens (including phenoxy) is 1. The van der Waals surface area contributed by atoms with E-state index in [4.69, 9.17) is 10.5 Å². The van der Waals surface area contributed by atoms with Gasteiger partial charge in [0.25, 0.3) is 0 Å². The number of methoxy groups -OCH3 is 1. The Balaban J connectivity index is 2.62. The van der Waals surface area contributed by atoms with Gasteiger partial charge in [-0.05, 0) is 19.4 Å². The summed E-state index contributed by atoms with van der Waals surface area (Å²) in [5, 5.41) is 7.65. The molecule has 0 saturated heterocycles. The van der Waals surface area contributed by atoms with Crippen LogP contribution < -0.4 is 5.73 Å². The molecule has 0 saturated carbocycles. The molecule has 0 aliphatic carbocycles. The molecule has 0 aliphatic heterocycles. The fourth-order valence-corrected chi connectivity index (χ4v) is 1.69. The molecule has 0 amide bonds. The molecule has 0 bridgehead atoms. The van der Waals surface area contributed by atoms with Gasteiger partial charge in [-0.2, -0.15) is 0 Å². The van der Waals surface area contributed by atoms with Gasteiger partial charge in [0.2, 0.25) is 0 Å². The van der Waals surface area contributed by atoms with Gasteiger partial charge in [0.1, 0.15) is 5.67 Å². The van der Waals surface area contributed by atoms with Gasteiger partial charge in [-0.1, -0.05) is 5.21 Å².